The van der Waals surface area contributed by atoms with Crippen molar-refractivity contribution < 1.29 is 70.4 Å². The first-order valence-electron chi connectivity index (χ1n) is 16.3. The molecule has 1 aromatic heterocycles. The number of esters is 1. The quantitative estimate of drug-likeness (QED) is 0.0985. The molecule has 14 nitrogen and oxygen atoms in total. The second-order valence-electron chi connectivity index (χ2n) is 11.8. The highest BCUT2D eigenvalue weighted by Crippen LogP contribution is 2.44. The first kappa shape index (κ1) is 44.3. The molecule has 0 saturated heterocycles. The summed E-state index contributed by atoms with van der Waals surface area (Å²) in [7, 11) is 0. The average molecular weight is 766 g/mol. The van der Waals surface area contributed by atoms with E-state index in [1.54, 1.807) is 17.9 Å². The fourth-order valence-corrected chi connectivity index (χ4v) is 5.38. The lowest BCUT2D eigenvalue weighted by atomic mass is 9.73. The van der Waals surface area contributed by atoms with Crippen molar-refractivity contribution in [3.05, 3.63) is 47.7 Å². The Morgan fingerprint density at radius 1 is 0.981 bits per heavy atom. The predicted molar refractivity (Wildman–Crippen MR) is 175 cm³/mol. The van der Waals surface area contributed by atoms with Gasteiger partial charge in [-0.25, -0.2) is 14.6 Å². The Labute approximate surface area is 299 Å². The van der Waals surface area contributed by atoms with Crippen LogP contribution in [0.3, 0.4) is 0 Å². The van der Waals surface area contributed by atoms with E-state index in [0.717, 1.165) is 42.4 Å². The van der Waals surface area contributed by atoms with Crippen LogP contribution in [0.1, 0.15) is 50.8 Å². The largest absolute Gasteiger partial charge is 0.490 e. The highest BCUT2D eigenvalue weighted by Gasteiger charge is 2.52. The molecule has 4 rings (SSSR count). The number of pyridine rings is 1. The number of hydrogen-bond acceptors (Lipinski definition) is 10. The number of para-hydroxylation sites is 1. The van der Waals surface area contributed by atoms with E-state index < -0.39 is 53.6 Å². The van der Waals surface area contributed by atoms with E-state index in [9.17, 15) is 45.8 Å². The van der Waals surface area contributed by atoms with Crippen molar-refractivity contribution in [2.45, 2.75) is 64.0 Å². The number of rotatable bonds is 13. The van der Waals surface area contributed by atoms with Crippen LogP contribution in [0, 0.1) is 11.8 Å². The Morgan fingerprint density at radius 2 is 1.57 bits per heavy atom. The third-order valence-electron chi connectivity index (χ3n) is 8.08. The van der Waals surface area contributed by atoms with Crippen molar-refractivity contribution in [3.63, 3.8) is 0 Å². The van der Waals surface area contributed by atoms with E-state index in [1.807, 2.05) is 30.3 Å². The molecule has 1 aromatic carbocycles. The van der Waals surface area contributed by atoms with Gasteiger partial charge in [0.05, 0.1) is 29.4 Å². The van der Waals surface area contributed by atoms with E-state index in [0.29, 0.717) is 37.4 Å². The Morgan fingerprint density at radius 3 is 2.11 bits per heavy atom. The van der Waals surface area contributed by atoms with E-state index >= 15 is 0 Å². The number of carboxylic acids is 2. The summed E-state index contributed by atoms with van der Waals surface area (Å²) in [5.74, 6) is -8.72. The van der Waals surface area contributed by atoms with Crippen molar-refractivity contribution >= 4 is 46.3 Å². The predicted octanol–water partition coefficient (Wildman–Crippen LogP) is 2.97. The Balaban J connectivity index is 0.000000587. The number of benzene rings is 1. The van der Waals surface area contributed by atoms with Crippen LogP contribution in [0.2, 0.25) is 0 Å². The lowest BCUT2D eigenvalue weighted by Gasteiger charge is -2.41. The smallest absolute Gasteiger partial charge is 0.475 e. The first-order chi connectivity index (χ1) is 24.7. The molecule has 0 aliphatic carbocycles. The number of alkyl halides is 6. The van der Waals surface area contributed by atoms with E-state index in [1.165, 1.54) is 6.92 Å². The van der Waals surface area contributed by atoms with Gasteiger partial charge in [-0.3, -0.25) is 14.4 Å². The van der Waals surface area contributed by atoms with E-state index in [4.69, 9.17) is 35.3 Å². The molecule has 3 heterocycles. The maximum absolute atomic E-state index is 13.8. The molecule has 0 fully saturated rings. The number of nitrogens with zero attached hydrogens (tertiary/aromatic N) is 2. The lowest BCUT2D eigenvalue weighted by molar-refractivity contribution is -0.193. The molecule has 2 aliphatic rings. The standard InChI is InChI=1S/C29H39N5O5.2C2HF3O2/c1-3-29(38,28(37)32-14-8-13-31-12-7-6-11-30)23-16-25-26-21(15-20-9-4-5-10-24(20)33-26)17-34(25)27(36)22(23)18-39-19(2)35;2*3-2(4,5)1(6)7/h4-5,9-10,15-16,22-23,31,38H,3,6-8,11-14,17-18,30H2,1-2H3,(H,32,37);2*(H,6,7)/t22?,23?,29-;;/m0../s1. The van der Waals surface area contributed by atoms with Crippen molar-refractivity contribution in [3.8, 4) is 0 Å². The zero-order valence-electron chi connectivity index (χ0n) is 28.7. The number of aromatic nitrogens is 1. The lowest BCUT2D eigenvalue weighted by Crippen LogP contribution is -2.57. The fourth-order valence-electron chi connectivity index (χ4n) is 5.38. The Bertz CT molecular complexity index is 1630. The van der Waals surface area contributed by atoms with Crippen molar-refractivity contribution in [2.75, 3.05) is 32.8 Å². The van der Waals surface area contributed by atoms with Gasteiger partial charge in [-0.1, -0.05) is 31.2 Å². The molecule has 2 aliphatic heterocycles. The van der Waals surface area contributed by atoms with Gasteiger partial charge in [-0.05, 0) is 57.5 Å². The topological polar surface area (TPSA) is 221 Å². The number of carbonyl (C=O) groups excluding carboxylic acids is 3. The zero-order valence-corrected chi connectivity index (χ0v) is 28.7. The summed E-state index contributed by atoms with van der Waals surface area (Å²) in [5.41, 5.74) is 6.56. The van der Waals surface area contributed by atoms with Crippen LogP contribution in [0.4, 0.5) is 26.3 Å². The van der Waals surface area contributed by atoms with Gasteiger partial charge in [0.2, 0.25) is 5.91 Å². The van der Waals surface area contributed by atoms with Crippen LogP contribution in [-0.2, 0) is 35.3 Å². The van der Waals surface area contributed by atoms with Crippen molar-refractivity contribution in [2.24, 2.45) is 17.6 Å². The van der Waals surface area contributed by atoms with Gasteiger partial charge < -0.3 is 41.3 Å². The maximum atomic E-state index is 13.8. The fraction of sp³-hybridized carbons (Fsp3) is 0.515. The van der Waals surface area contributed by atoms with E-state index in [-0.39, 0.29) is 18.9 Å². The summed E-state index contributed by atoms with van der Waals surface area (Å²) in [6.07, 6.45) is -5.67. The third-order valence-corrected chi connectivity index (χ3v) is 8.08. The number of hydrogen-bond donors (Lipinski definition) is 6. The number of carboxylic acid groups (broad SMARTS) is 2. The second-order valence-corrected chi connectivity index (χ2v) is 11.8. The minimum Gasteiger partial charge on any atom is -0.475 e. The summed E-state index contributed by atoms with van der Waals surface area (Å²) in [4.78, 5) is 63.1. The summed E-state index contributed by atoms with van der Waals surface area (Å²) >= 11 is 0. The summed E-state index contributed by atoms with van der Waals surface area (Å²) in [6.45, 7) is 5.71. The number of fused-ring (bicyclic) bond motifs is 4. The molecular formula is C33H41F6N5O9. The van der Waals surface area contributed by atoms with Crippen LogP contribution in [0.15, 0.2) is 36.4 Å². The monoisotopic (exact) mass is 765 g/mol. The maximum Gasteiger partial charge on any atom is 0.490 e. The van der Waals surface area contributed by atoms with Gasteiger partial charge in [0, 0.05) is 30.3 Å². The highest BCUT2D eigenvalue weighted by molar-refractivity contribution is 5.97. The van der Waals surface area contributed by atoms with Crippen LogP contribution in [0.25, 0.3) is 16.6 Å². The van der Waals surface area contributed by atoms with Gasteiger partial charge in [-0.15, -0.1) is 0 Å². The van der Waals surface area contributed by atoms with Crippen LogP contribution in [0.5, 0.6) is 0 Å². The number of nitrogens with two attached hydrogens (primary N) is 1. The number of carbonyl (C=O) groups is 5. The van der Waals surface area contributed by atoms with Gasteiger partial charge >= 0.3 is 30.3 Å². The molecule has 0 bridgehead atoms. The minimum atomic E-state index is -5.08. The van der Waals surface area contributed by atoms with Gasteiger partial charge in [0.1, 0.15) is 12.2 Å². The number of aliphatic hydroxyl groups is 1. The zero-order chi connectivity index (χ0) is 40.1. The number of aliphatic carboxylic acids is 2. The van der Waals surface area contributed by atoms with Gasteiger partial charge in [0.25, 0.3) is 5.91 Å². The van der Waals surface area contributed by atoms with Crippen molar-refractivity contribution in [1.82, 2.24) is 20.5 Å². The van der Waals surface area contributed by atoms with Gasteiger partial charge in [-0.2, -0.15) is 26.3 Å². The molecule has 2 aromatic rings. The number of amides is 2. The SMILES string of the molecule is CC[C@@](O)(C(=O)NCCCNCCCCN)C1C=C2c3nc4ccccc4cc3CN2C(=O)C1COC(C)=O.O=C(O)C(F)(F)F.O=C(O)C(F)(F)F. The third kappa shape index (κ3) is 12.4. The number of ether oxygens (including phenoxy) is 1. The molecule has 20 heteroatoms. The molecule has 53 heavy (non-hydrogen) atoms. The molecule has 7 N–H and O–H groups in total. The molecule has 0 saturated carbocycles. The Hall–Kier alpha value is -4.82. The summed E-state index contributed by atoms with van der Waals surface area (Å²) in [5, 5.41) is 33.2. The van der Waals surface area contributed by atoms with Crippen molar-refractivity contribution in [1.29, 1.82) is 0 Å². The number of unbranched alkanes of at least 4 members (excludes halogenated alkanes) is 1. The molecule has 2 amide bonds. The number of nitrogens with one attached hydrogen (secondary N) is 2. The van der Waals surface area contributed by atoms with Crippen LogP contribution >= 0.6 is 0 Å². The van der Waals surface area contributed by atoms with E-state index in [2.05, 4.69) is 10.6 Å². The first-order valence-corrected chi connectivity index (χ1v) is 16.3. The van der Waals surface area contributed by atoms with Crippen LogP contribution < -0.4 is 16.4 Å². The molecular weight excluding hydrogens is 724 g/mol. The van der Waals surface area contributed by atoms with Gasteiger partial charge in [0.15, 0.2) is 0 Å². The average Bonchev–Trinajstić information content (AvgIpc) is 3.44. The molecule has 294 valence electrons. The molecule has 0 spiro atoms. The second kappa shape index (κ2) is 19.3. The molecule has 0 radical (unpaired) electrons. The minimum absolute atomic E-state index is 0.0759. The Kier molecular flexibility index (Phi) is 16.2. The number of halogens is 6. The molecule has 3 atom stereocenters. The highest BCUT2D eigenvalue weighted by atomic mass is 19.4. The normalized spacial score (nSPS) is 17.5. The summed E-state index contributed by atoms with van der Waals surface area (Å²) in [6, 6.07) is 9.74. The van der Waals surface area contributed by atoms with Crippen LogP contribution in [-0.4, -0.2) is 106 Å². The molecule has 2 unspecified atom stereocenters. The summed E-state index contributed by atoms with van der Waals surface area (Å²) < 4.78 is 68.7.